The molecule has 2 aromatic heterocycles. The van der Waals surface area contributed by atoms with E-state index in [0.717, 1.165) is 5.56 Å². The summed E-state index contributed by atoms with van der Waals surface area (Å²) in [5.74, 6) is 0.213. The highest BCUT2D eigenvalue weighted by Crippen LogP contribution is 2.33. The van der Waals surface area contributed by atoms with Crippen LogP contribution >= 0.6 is 11.3 Å². The fourth-order valence-corrected chi connectivity index (χ4v) is 2.51. The summed E-state index contributed by atoms with van der Waals surface area (Å²) in [6, 6.07) is 7.49. The smallest absolute Gasteiger partial charge is 0.334 e. The molecule has 9 heteroatoms. The fourth-order valence-electron chi connectivity index (χ4n) is 1.98. The Bertz CT molecular complexity index is 837. The standard InChI is InChI=1S/C14H12N6O2S/c1-9-3-2-4-10(7-9)18-12-11(20(21)22)13(17-8-16-12)19-14-15-5-6-23-14/h2-8H,1H3,(H2,15,16,17,18,19). The Hall–Kier alpha value is -3.07. The molecular weight excluding hydrogens is 316 g/mol. The molecule has 23 heavy (non-hydrogen) atoms. The number of aryl methyl sites for hydroxylation is 1. The van der Waals surface area contributed by atoms with Crippen LogP contribution in [0, 0.1) is 17.0 Å². The summed E-state index contributed by atoms with van der Waals surface area (Å²) in [6.07, 6.45) is 2.87. The molecule has 0 spiro atoms. The van der Waals surface area contributed by atoms with Gasteiger partial charge in [0.1, 0.15) is 6.33 Å². The van der Waals surface area contributed by atoms with E-state index < -0.39 is 4.92 Å². The van der Waals surface area contributed by atoms with Crippen LogP contribution in [0.25, 0.3) is 0 Å². The molecule has 3 rings (SSSR count). The van der Waals surface area contributed by atoms with Gasteiger partial charge in [0.25, 0.3) is 0 Å². The molecular formula is C14H12N6O2S. The average molecular weight is 328 g/mol. The van der Waals surface area contributed by atoms with E-state index >= 15 is 0 Å². The van der Waals surface area contributed by atoms with Gasteiger partial charge in [-0.15, -0.1) is 11.3 Å². The van der Waals surface area contributed by atoms with E-state index in [0.29, 0.717) is 10.8 Å². The summed E-state index contributed by atoms with van der Waals surface area (Å²) in [7, 11) is 0. The molecule has 0 saturated heterocycles. The molecule has 0 unspecified atom stereocenters. The topological polar surface area (TPSA) is 106 Å². The molecule has 116 valence electrons. The van der Waals surface area contributed by atoms with Crippen LogP contribution in [0.3, 0.4) is 0 Å². The van der Waals surface area contributed by atoms with Gasteiger partial charge >= 0.3 is 5.69 Å². The van der Waals surface area contributed by atoms with E-state index in [-0.39, 0.29) is 17.3 Å². The minimum Gasteiger partial charge on any atom is -0.334 e. The first-order valence-electron chi connectivity index (χ1n) is 6.63. The number of nitrogens with zero attached hydrogens (tertiary/aromatic N) is 4. The molecule has 0 amide bonds. The van der Waals surface area contributed by atoms with Crippen molar-refractivity contribution in [2.24, 2.45) is 0 Å². The molecule has 0 bridgehead atoms. The number of benzene rings is 1. The predicted molar refractivity (Wildman–Crippen MR) is 88.5 cm³/mol. The molecule has 0 fully saturated rings. The zero-order valence-electron chi connectivity index (χ0n) is 12.1. The molecule has 2 N–H and O–H groups in total. The molecule has 0 saturated carbocycles. The maximum atomic E-state index is 11.5. The molecule has 0 aliphatic heterocycles. The molecule has 0 radical (unpaired) electrons. The van der Waals surface area contributed by atoms with Crippen molar-refractivity contribution in [3.05, 3.63) is 57.8 Å². The predicted octanol–water partition coefficient (Wildman–Crippen LogP) is 3.64. The summed E-state index contributed by atoms with van der Waals surface area (Å²) in [5, 5.41) is 19.6. The van der Waals surface area contributed by atoms with Crippen molar-refractivity contribution in [3.63, 3.8) is 0 Å². The molecule has 0 aliphatic carbocycles. The van der Waals surface area contributed by atoms with Crippen LogP contribution in [0.1, 0.15) is 5.56 Å². The lowest BCUT2D eigenvalue weighted by atomic mass is 10.2. The zero-order valence-corrected chi connectivity index (χ0v) is 12.9. The number of anilines is 4. The van der Waals surface area contributed by atoms with Crippen molar-refractivity contribution in [2.75, 3.05) is 10.6 Å². The lowest BCUT2D eigenvalue weighted by molar-refractivity contribution is -0.383. The highest BCUT2D eigenvalue weighted by molar-refractivity contribution is 7.13. The highest BCUT2D eigenvalue weighted by Gasteiger charge is 2.23. The van der Waals surface area contributed by atoms with E-state index in [4.69, 9.17) is 0 Å². The van der Waals surface area contributed by atoms with Gasteiger partial charge in [-0.05, 0) is 24.6 Å². The van der Waals surface area contributed by atoms with E-state index in [2.05, 4.69) is 25.6 Å². The molecule has 3 aromatic rings. The second kappa shape index (κ2) is 6.36. The summed E-state index contributed by atoms with van der Waals surface area (Å²) in [5.41, 5.74) is 1.52. The lowest BCUT2D eigenvalue weighted by Crippen LogP contribution is -2.05. The maximum Gasteiger partial charge on any atom is 0.353 e. The van der Waals surface area contributed by atoms with Crippen LogP contribution in [0.2, 0.25) is 0 Å². The van der Waals surface area contributed by atoms with Crippen LogP contribution in [-0.4, -0.2) is 19.9 Å². The number of hydrogen-bond acceptors (Lipinski definition) is 8. The number of hydrogen-bond donors (Lipinski definition) is 2. The van der Waals surface area contributed by atoms with E-state index in [9.17, 15) is 10.1 Å². The molecule has 8 nitrogen and oxygen atoms in total. The zero-order chi connectivity index (χ0) is 16.2. The molecule has 0 atom stereocenters. The Morgan fingerprint density at radius 2 is 1.96 bits per heavy atom. The quantitative estimate of drug-likeness (QED) is 0.544. The second-order valence-corrected chi connectivity index (χ2v) is 5.53. The third-order valence-corrected chi connectivity index (χ3v) is 3.63. The van der Waals surface area contributed by atoms with Crippen molar-refractivity contribution in [1.29, 1.82) is 0 Å². The first-order chi connectivity index (χ1) is 11.1. The van der Waals surface area contributed by atoms with Gasteiger partial charge in [0.15, 0.2) is 5.13 Å². The first kappa shape index (κ1) is 14.9. The van der Waals surface area contributed by atoms with Crippen molar-refractivity contribution in [2.45, 2.75) is 6.92 Å². The van der Waals surface area contributed by atoms with Gasteiger partial charge in [-0.3, -0.25) is 10.1 Å². The van der Waals surface area contributed by atoms with Crippen molar-refractivity contribution < 1.29 is 4.92 Å². The highest BCUT2D eigenvalue weighted by atomic mass is 32.1. The van der Waals surface area contributed by atoms with Crippen molar-refractivity contribution in [3.8, 4) is 0 Å². The summed E-state index contributed by atoms with van der Waals surface area (Å²) in [6.45, 7) is 1.94. The fraction of sp³-hybridized carbons (Fsp3) is 0.0714. The van der Waals surface area contributed by atoms with Gasteiger partial charge in [0.05, 0.1) is 4.92 Å². The largest absolute Gasteiger partial charge is 0.353 e. The number of rotatable bonds is 5. The van der Waals surface area contributed by atoms with Gasteiger partial charge in [0, 0.05) is 17.3 Å². The van der Waals surface area contributed by atoms with Gasteiger partial charge < -0.3 is 10.6 Å². The van der Waals surface area contributed by atoms with Gasteiger partial charge in [-0.25, -0.2) is 15.0 Å². The van der Waals surface area contributed by atoms with Gasteiger partial charge in [0.2, 0.25) is 11.6 Å². The molecule has 2 heterocycles. The van der Waals surface area contributed by atoms with E-state index in [1.165, 1.54) is 17.7 Å². The van der Waals surface area contributed by atoms with Crippen LogP contribution in [0.5, 0.6) is 0 Å². The summed E-state index contributed by atoms with van der Waals surface area (Å²) >= 11 is 1.32. The third kappa shape index (κ3) is 3.40. The maximum absolute atomic E-state index is 11.5. The minimum atomic E-state index is -0.520. The van der Waals surface area contributed by atoms with Crippen LogP contribution in [0.4, 0.5) is 28.1 Å². The minimum absolute atomic E-state index is 0.0927. The number of nitro groups is 1. The van der Waals surface area contributed by atoms with Crippen LogP contribution in [-0.2, 0) is 0 Å². The van der Waals surface area contributed by atoms with Crippen LogP contribution in [0.15, 0.2) is 42.2 Å². The average Bonchev–Trinajstić information content (AvgIpc) is 3.00. The van der Waals surface area contributed by atoms with Gasteiger partial charge in [-0.2, -0.15) is 0 Å². The normalized spacial score (nSPS) is 10.3. The molecule has 1 aromatic carbocycles. The van der Waals surface area contributed by atoms with Crippen molar-refractivity contribution in [1.82, 2.24) is 15.0 Å². The lowest BCUT2D eigenvalue weighted by Gasteiger charge is -2.09. The Morgan fingerprint density at radius 1 is 1.17 bits per heavy atom. The molecule has 0 aliphatic rings. The first-order valence-corrected chi connectivity index (χ1v) is 7.51. The Labute approximate surface area is 135 Å². The summed E-state index contributed by atoms with van der Waals surface area (Å²) < 4.78 is 0. The van der Waals surface area contributed by atoms with Gasteiger partial charge in [-0.1, -0.05) is 12.1 Å². The number of nitrogens with one attached hydrogen (secondary N) is 2. The SMILES string of the molecule is Cc1cccc(Nc2ncnc(Nc3nccs3)c2[N+](=O)[O-])c1. The van der Waals surface area contributed by atoms with E-state index in [1.807, 2.05) is 31.2 Å². The Balaban J connectivity index is 1.98. The summed E-state index contributed by atoms with van der Waals surface area (Å²) in [4.78, 5) is 22.9. The number of aromatic nitrogens is 3. The van der Waals surface area contributed by atoms with Crippen LogP contribution < -0.4 is 10.6 Å². The number of thiazole rings is 1. The van der Waals surface area contributed by atoms with E-state index in [1.54, 1.807) is 11.6 Å². The third-order valence-electron chi connectivity index (χ3n) is 2.94. The second-order valence-electron chi connectivity index (χ2n) is 4.63. The Morgan fingerprint density at radius 3 is 2.61 bits per heavy atom. The monoisotopic (exact) mass is 328 g/mol. The Kier molecular flexibility index (Phi) is 4.11. The van der Waals surface area contributed by atoms with Crippen molar-refractivity contribution >= 4 is 39.5 Å².